The number of nitrogens with two attached hydrogens (primary N) is 1. The summed E-state index contributed by atoms with van der Waals surface area (Å²) >= 11 is 0. The number of nitrogens with one attached hydrogen (secondary N) is 1. The van der Waals surface area contributed by atoms with E-state index in [0.717, 1.165) is 52.2 Å². The Labute approximate surface area is 122 Å². The number of aromatic nitrogens is 5. The minimum absolute atomic E-state index is 0.302. The van der Waals surface area contributed by atoms with Gasteiger partial charge in [0.2, 0.25) is 5.95 Å². The summed E-state index contributed by atoms with van der Waals surface area (Å²) in [5, 5.41) is 7.22. The fourth-order valence-electron chi connectivity index (χ4n) is 2.57. The van der Waals surface area contributed by atoms with E-state index in [1.807, 2.05) is 26.0 Å². The maximum atomic E-state index is 5.77. The number of hydrogen-bond acceptors (Lipinski definition) is 5. The van der Waals surface area contributed by atoms with Crippen LogP contribution < -0.4 is 5.73 Å². The van der Waals surface area contributed by atoms with E-state index in [0.29, 0.717) is 5.95 Å². The molecule has 0 bridgehead atoms. The van der Waals surface area contributed by atoms with E-state index in [-0.39, 0.29) is 0 Å². The Kier molecular flexibility index (Phi) is 3.29. The molecule has 0 aromatic carbocycles. The van der Waals surface area contributed by atoms with Gasteiger partial charge >= 0.3 is 0 Å². The number of rotatable bonds is 3. The molecule has 0 radical (unpaired) electrons. The van der Waals surface area contributed by atoms with Crippen LogP contribution in [0.15, 0.2) is 12.1 Å². The molecule has 3 N–H and O–H groups in total. The lowest BCUT2D eigenvalue weighted by atomic mass is 10.1. The van der Waals surface area contributed by atoms with Crippen molar-refractivity contribution in [1.29, 1.82) is 0 Å². The number of fused-ring (bicyclic) bond motifs is 1. The zero-order valence-corrected chi connectivity index (χ0v) is 12.4. The van der Waals surface area contributed by atoms with Crippen molar-refractivity contribution >= 4 is 17.0 Å². The predicted octanol–water partition coefficient (Wildman–Crippen LogP) is 2.57. The molecule has 0 saturated carbocycles. The Morgan fingerprint density at radius 3 is 2.62 bits per heavy atom. The molecule has 3 heterocycles. The Morgan fingerprint density at radius 2 is 1.95 bits per heavy atom. The topological polar surface area (TPSA) is 93.4 Å². The van der Waals surface area contributed by atoms with Gasteiger partial charge in [0.05, 0.1) is 22.6 Å². The molecule has 0 amide bonds. The normalized spacial score (nSPS) is 11.2. The van der Waals surface area contributed by atoms with E-state index in [9.17, 15) is 0 Å². The van der Waals surface area contributed by atoms with E-state index in [2.05, 4.69) is 27.1 Å². The van der Waals surface area contributed by atoms with Gasteiger partial charge in [-0.15, -0.1) is 0 Å². The number of H-pyrrole nitrogens is 1. The van der Waals surface area contributed by atoms with Crippen LogP contribution in [-0.4, -0.2) is 25.1 Å². The van der Waals surface area contributed by atoms with E-state index in [1.54, 1.807) is 0 Å². The van der Waals surface area contributed by atoms with Crippen molar-refractivity contribution in [2.45, 2.75) is 33.6 Å². The summed E-state index contributed by atoms with van der Waals surface area (Å²) < 4.78 is 0. The van der Waals surface area contributed by atoms with Crippen LogP contribution in [0, 0.1) is 13.8 Å². The minimum Gasteiger partial charge on any atom is -0.368 e. The van der Waals surface area contributed by atoms with Crippen LogP contribution in [0.5, 0.6) is 0 Å². The third-order valence-corrected chi connectivity index (χ3v) is 3.50. The molecule has 0 saturated heterocycles. The van der Waals surface area contributed by atoms with Crippen LogP contribution in [-0.2, 0) is 6.42 Å². The van der Waals surface area contributed by atoms with Gasteiger partial charge in [0, 0.05) is 11.3 Å². The first kappa shape index (κ1) is 13.5. The van der Waals surface area contributed by atoms with Gasteiger partial charge in [-0.05, 0) is 32.4 Å². The van der Waals surface area contributed by atoms with Gasteiger partial charge in [-0.25, -0.2) is 15.0 Å². The van der Waals surface area contributed by atoms with Crippen molar-refractivity contribution in [3.63, 3.8) is 0 Å². The molecule has 3 aromatic rings. The quantitative estimate of drug-likeness (QED) is 0.770. The Hall–Kier alpha value is -2.50. The third-order valence-electron chi connectivity index (χ3n) is 3.50. The molecule has 0 aliphatic rings. The van der Waals surface area contributed by atoms with Gasteiger partial charge in [-0.1, -0.05) is 13.3 Å². The number of anilines is 1. The Bertz CT molecular complexity index is 786. The SMILES string of the molecule is CCCc1nc(N)nc2ccc(-c3c(C)n[nH]c3C)nc12. The lowest BCUT2D eigenvalue weighted by Gasteiger charge is -2.07. The molecule has 6 heteroatoms. The van der Waals surface area contributed by atoms with Crippen LogP contribution in [0.2, 0.25) is 0 Å². The smallest absolute Gasteiger partial charge is 0.220 e. The van der Waals surface area contributed by atoms with Crippen LogP contribution >= 0.6 is 0 Å². The van der Waals surface area contributed by atoms with Crippen LogP contribution in [0.3, 0.4) is 0 Å². The molecular weight excluding hydrogens is 264 g/mol. The second kappa shape index (κ2) is 5.12. The average Bonchev–Trinajstić information content (AvgIpc) is 2.78. The highest BCUT2D eigenvalue weighted by molar-refractivity contribution is 5.81. The zero-order valence-electron chi connectivity index (χ0n) is 12.4. The summed E-state index contributed by atoms with van der Waals surface area (Å²) in [5.41, 5.74) is 12.2. The van der Waals surface area contributed by atoms with Crippen molar-refractivity contribution in [2.24, 2.45) is 0 Å². The fourth-order valence-corrected chi connectivity index (χ4v) is 2.57. The van der Waals surface area contributed by atoms with Crippen molar-refractivity contribution in [3.05, 3.63) is 29.2 Å². The van der Waals surface area contributed by atoms with E-state index < -0.39 is 0 Å². The summed E-state index contributed by atoms with van der Waals surface area (Å²) in [6, 6.07) is 3.90. The van der Waals surface area contributed by atoms with Crippen molar-refractivity contribution in [3.8, 4) is 11.3 Å². The van der Waals surface area contributed by atoms with Crippen LogP contribution in [0.1, 0.15) is 30.4 Å². The number of pyridine rings is 1. The molecule has 3 rings (SSSR count). The molecule has 0 aliphatic carbocycles. The lowest BCUT2D eigenvalue weighted by molar-refractivity contribution is 0.885. The Morgan fingerprint density at radius 1 is 1.14 bits per heavy atom. The summed E-state index contributed by atoms with van der Waals surface area (Å²) in [6.07, 6.45) is 1.82. The third kappa shape index (κ3) is 2.33. The second-order valence-corrected chi connectivity index (χ2v) is 5.15. The summed E-state index contributed by atoms with van der Waals surface area (Å²) in [5.74, 6) is 0.302. The van der Waals surface area contributed by atoms with Gasteiger partial charge < -0.3 is 5.73 Å². The molecule has 6 nitrogen and oxygen atoms in total. The van der Waals surface area contributed by atoms with Crippen molar-refractivity contribution in [1.82, 2.24) is 25.1 Å². The first-order valence-electron chi connectivity index (χ1n) is 7.05. The maximum Gasteiger partial charge on any atom is 0.220 e. The maximum absolute atomic E-state index is 5.77. The predicted molar refractivity (Wildman–Crippen MR) is 82.8 cm³/mol. The lowest BCUT2D eigenvalue weighted by Crippen LogP contribution is -2.02. The zero-order chi connectivity index (χ0) is 15.0. The molecule has 0 spiro atoms. The first-order chi connectivity index (χ1) is 10.1. The molecule has 0 aliphatic heterocycles. The summed E-state index contributed by atoms with van der Waals surface area (Å²) in [7, 11) is 0. The second-order valence-electron chi connectivity index (χ2n) is 5.15. The number of hydrogen-bond donors (Lipinski definition) is 2. The highest BCUT2D eigenvalue weighted by Gasteiger charge is 2.13. The Balaban J connectivity index is 2.24. The molecule has 3 aromatic heterocycles. The monoisotopic (exact) mass is 282 g/mol. The largest absolute Gasteiger partial charge is 0.368 e. The number of nitrogens with zero attached hydrogens (tertiary/aromatic N) is 4. The molecule has 108 valence electrons. The van der Waals surface area contributed by atoms with Gasteiger partial charge in [-0.2, -0.15) is 5.10 Å². The number of aryl methyl sites for hydroxylation is 3. The summed E-state index contributed by atoms with van der Waals surface area (Å²) in [6.45, 7) is 6.07. The number of aromatic amines is 1. The molecule has 0 unspecified atom stereocenters. The van der Waals surface area contributed by atoms with Gasteiger partial charge in [-0.3, -0.25) is 5.10 Å². The highest BCUT2D eigenvalue weighted by Crippen LogP contribution is 2.26. The highest BCUT2D eigenvalue weighted by atomic mass is 15.1. The average molecular weight is 282 g/mol. The first-order valence-corrected chi connectivity index (χ1v) is 7.05. The summed E-state index contributed by atoms with van der Waals surface area (Å²) in [4.78, 5) is 13.4. The molecule has 0 atom stereocenters. The van der Waals surface area contributed by atoms with Crippen molar-refractivity contribution < 1.29 is 0 Å². The van der Waals surface area contributed by atoms with Crippen LogP contribution in [0.25, 0.3) is 22.3 Å². The van der Waals surface area contributed by atoms with E-state index in [4.69, 9.17) is 10.7 Å². The van der Waals surface area contributed by atoms with Gasteiger partial charge in [0.1, 0.15) is 5.52 Å². The van der Waals surface area contributed by atoms with Gasteiger partial charge in [0.15, 0.2) is 0 Å². The molecule has 21 heavy (non-hydrogen) atoms. The molecular formula is C15H18N6. The molecule has 0 fully saturated rings. The minimum atomic E-state index is 0.302. The standard InChI is InChI=1S/C15H18N6/c1-4-5-11-14-12(19-15(16)18-11)7-6-10(17-14)13-8(2)20-21-9(13)3/h6-7H,4-5H2,1-3H3,(H,20,21)(H2,16,18,19). The van der Waals surface area contributed by atoms with Crippen LogP contribution in [0.4, 0.5) is 5.95 Å². The van der Waals surface area contributed by atoms with Gasteiger partial charge in [0.25, 0.3) is 0 Å². The number of nitrogen functional groups attached to an aromatic ring is 1. The fraction of sp³-hybridized carbons (Fsp3) is 0.333. The van der Waals surface area contributed by atoms with E-state index in [1.165, 1.54) is 0 Å². The van der Waals surface area contributed by atoms with E-state index >= 15 is 0 Å². The van der Waals surface area contributed by atoms with Crippen molar-refractivity contribution in [2.75, 3.05) is 5.73 Å².